The van der Waals surface area contributed by atoms with E-state index < -0.39 is 5.97 Å². The third-order valence-corrected chi connectivity index (χ3v) is 9.84. The fraction of sp³-hybridized carbons (Fsp3) is 0.552. The van der Waals surface area contributed by atoms with Crippen LogP contribution >= 0.6 is 11.3 Å². The number of fused-ring (bicyclic) bond motifs is 5. The maximum Gasteiger partial charge on any atom is 0.345 e. The number of hydrogen-bond donors (Lipinski definition) is 1. The molecule has 6 rings (SSSR count). The van der Waals surface area contributed by atoms with Crippen molar-refractivity contribution in [2.75, 3.05) is 26.7 Å². The molecule has 1 aromatic carbocycles. The first kappa shape index (κ1) is 23.3. The van der Waals surface area contributed by atoms with Crippen LogP contribution in [-0.2, 0) is 13.1 Å². The maximum atomic E-state index is 11.9. The molecule has 0 amide bonds. The van der Waals surface area contributed by atoms with Gasteiger partial charge in [0.25, 0.3) is 0 Å². The molecule has 0 bridgehead atoms. The third kappa shape index (κ3) is 4.34. The van der Waals surface area contributed by atoms with E-state index in [1.807, 2.05) is 6.07 Å². The highest BCUT2D eigenvalue weighted by atomic mass is 32.1. The summed E-state index contributed by atoms with van der Waals surface area (Å²) in [6, 6.07) is 11.6. The number of carbonyl (C=O) groups is 1. The van der Waals surface area contributed by atoms with E-state index in [1.165, 1.54) is 96.3 Å². The van der Waals surface area contributed by atoms with E-state index in [-0.39, 0.29) is 0 Å². The van der Waals surface area contributed by atoms with Gasteiger partial charge in [0.05, 0.1) is 15.9 Å². The van der Waals surface area contributed by atoms with Gasteiger partial charge in [-0.05, 0) is 62.4 Å². The second kappa shape index (κ2) is 9.72. The molecule has 1 saturated carbocycles. The summed E-state index contributed by atoms with van der Waals surface area (Å²) in [7, 11) is 2.28. The highest BCUT2D eigenvalue weighted by Crippen LogP contribution is 2.47. The van der Waals surface area contributed by atoms with Crippen molar-refractivity contribution in [3.63, 3.8) is 0 Å². The topological polar surface area (TPSA) is 48.7 Å². The zero-order valence-corrected chi connectivity index (χ0v) is 21.7. The van der Waals surface area contributed by atoms with Crippen molar-refractivity contribution < 1.29 is 9.90 Å². The van der Waals surface area contributed by atoms with E-state index >= 15 is 0 Å². The molecule has 3 aliphatic rings. The van der Waals surface area contributed by atoms with Crippen molar-refractivity contribution in [1.29, 1.82) is 0 Å². The van der Waals surface area contributed by atoms with Gasteiger partial charge < -0.3 is 14.6 Å². The van der Waals surface area contributed by atoms with Gasteiger partial charge in [-0.1, -0.05) is 49.9 Å². The fourth-order valence-electron chi connectivity index (χ4n) is 6.83. The molecule has 35 heavy (non-hydrogen) atoms. The fourth-order valence-corrected chi connectivity index (χ4v) is 7.95. The van der Waals surface area contributed by atoms with Gasteiger partial charge in [0.15, 0.2) is 0 Å². The first-order chi connectivity index (χ1) is 17.1. The SMILES string of the molecule is CN1CCCCC1CN1CCn2c(c(C3CCCCC3)c3sc(C(=O)O)cc32)-c2ccccc2C1. The number of hydrogen-bond acceptors (Lipinski definition) is 4. The van der Waals surface area contributed by atoms with E-state index in [0.717, 1.165) is 31.7 Å². The Kier molecular flexibility index (Phi) is 6.46. The van der Waals surface area contributed by atoms with Gasteiger partial charge in [0.1, 0.15) is 4.88 Å². The summed E-state index contributed by atoms with van der Waals surface area (Å²) in [6.45, 7) is 5.21. The molecule has 1 aliphatic carbocycles. The zero-order valence-electron chi connectivity index (χ0n) is 20.8. The number of aromatic nitrogens is 1. The average molecular weight is 492 g/mol. The third-order valence-electron chi connectivity index (χ3n) is 8.69. The van der Waals surface area contributed by atoms with Gasteiger partial charge >= 0.3 is 5.97 Å². The van der Waals surface area contributed by atoms with Crippen LogP contribution in [0.4, 0.5) is 0 Å². The summed E-state index contributed by atoms with van der Waals surface area (Å²) >= 11 is 1.50. The van der Waals surface area contributed by atoms with Crippen LogP contribution in [0.25, 0.3) is 21.5 Å². The highest BCUT2D eigenvalue weighted by molar-refractivity contribution is 7.21. The minimum absolute atomic E-state index is 0.471. The molecule has 2 aliphatic heterocycles. The highest BCUT2D eigenvalue weighted by Gasteiger charge is 2.31. The Morgan fingerprint density at radius 1 is 1.03 bits per heavy atom. The Morgan fingerprint density at radius 2 is 1.83 bits per heavy atom. The molecule has 2 aromatic heterocycles. The number of carboxylic acids is 1. The van der Waals surface area contributed by atoms with E-state index in [1.54, 1.807) is 0 Å². The molecule has 0 spiro atoms. The molecule has 2 fully saturated rings. The number of aromatic carboxylic acids is 1. The average Bonchev–Trinajstić information content (AvgIpc) is 3.41. The molecule has 4 heterocycles. The van der Waals surface area contributed by atoms with Crippen molar-refractivity contribution in [1.82, 2.24) is 14.4 Å². The van der Waals surface area contributed by atoms with Crippen LogP contribution in [0.15, 0.2) is 30.3 Å². The monoisotopic (exact) mass is 491 g/mol. The van der Waals surface area contributed by atoms with E-state index in [4.69, 9.17) is 0 Å². The van der Waals surface area contributed by atoms with Crippen LogP contribution in [0, 0.1) is 0 Å². The Balaban J connectivity index is 1.46. The second-order valence-corrected chi connectivity index (χ2v) is 12.0. The van der Waals surface area contributed by atoms with Crippen LogP contribution in [0.1, 0.15) is 78.1 Å². The van der Waals surface area contributed by atoms with Crippen molar-refractivity contribution in [2.45, 2.75) is 76.4 Å². The van der Waals surface area contributed by atoms with Gasteiger partial charge in [-0.3, -0.25) is 4.90 Å². The standard InChI is InChI=1S/C29H37N3O2S/c1-30-14-8-7-12-22(30)19-31-15-16-32-24-17-25(29(33)34)35-28(24)26(20-9-3-2-4-10-20)27(32)23-13-6-5-11-21(23)18-31/h5-6,11,13,17,20,22H,2-4,7-10,12,14-16,18-19H2,1H3,(H,33,34). The van der Waals surface area contributed by atoms with Crippen molar-refractivity contribution in [3.05, 3.63) is 46.3 Å². The van der Waals surface area contributed by atoms with Gasteiger partial charge in [-0.2, -0.15) is 0 Å². The normalized spacial score (nSPS) is 22.5. The number of rotatable bonds is 4. The summed E-state index contributed by atoms with van der Waals surface area (Å²) in [4.78, 5) is 17.6. The number of likely N-dealkylation sites (N-methyl/N-ethyl adjacent to an activating group) is 1. The molecule has 1 N–H and O–H groups in total. The molecule has 1 atom stereocenters. The zero-order chi connectivity index (χ0) is 23.9. The number of nitrogens with zero attached hydrogens (tertiary/aromatic N) is 3. The van der Waals surface area contributed by atoms with Crippen LogP contribution in [0.3, 0.4) is 0 Å². The predicted molar refractivity (Wildman–Crippen MR) is 144 cm³/mol. The van der Waals surface area contributed by atoms with Crippen LogP contribution in [-0.4, -0.2) is 58.2 Å². The van der Waals surface area contributed by atoms with Crippen molar-refractivity contribution in [3.8, 4) is 11.3 Å². The Hall–Kier alpha value is -2.15. The Morgan fingerprint density at radius 3 is 2.63 bits per heavy atom. The van der Waals surface area contributed by atoms with E-state index in [0.29, 0.717) is 16.8 Å². The van der Waals surface area contributed by atoms with Gasteiger partial charge in [-0.25, -0.2) is 4.79 Å². The number of piperidine rings is 1. The molecule has 0 radical (unpaired) electrons. The minimum Gasteiger partial charge on any atom is -0.477 e. The lowest BCUT2D eigenvalue weighted by atomic mass is 9.82. The van der Waals surface area contributed by atoms with Gasteiger partial charge in [0, 0.05) is 37.8 Å². The summed E-state index contributed by atoms with van der Waals surface area (Å²) < 4.78 is 3.71. The predicted octanol–water partition coefficient (Wildman–Crippen LogP) is 6.42. The molecule has 1 unspecified atom stereocenters. The lowest BCUT2D eigenvalue weighted by Gasteiger charge is -2.37. The smallest absolute Gasteiger partial charge is 0.345 e. The maximum absolute atomic E-state index is 11.9. The van der Waals surface area contributed by atoms with Crippen molar-refractivity contribution in [2.24, 2.45) is 0 Å². The van der Waals surface area contributed by atoms with Gasteiger partial charge in [0.2, 0.25) is 0 Å². The summed E-state index contributed by atoms with van der Waals surface area (Å²) in [5.41, 5.74) is 6.71. The van der Waals surface area contributed by atoms with Crippen LogP contribution in [0.5, 0.6) is 0 Å². The van der Waals surface area contributed by atoms with Crippen LogP contribution < -0.4 is 0 Å². The molecule has 3 aromatic rings. The number of benzene rings is 1. The molecule has 1 saturated heterocycles. The Labute approximate surface area is 212 Å². The van der Waals surface area contributed by atoms with E-state index in [9.17, 15) is 9.90 Å². The van der Waals surface area contributed by atoms with Crippen molar-refractivity contribution >= 4 is 27.5 Å². The summed E-state index contributed by atoms with van der Waals surface area (Å²) in [5.74, 6) is -0.273. The first-order valence-electron chi connectivity index (χ1n) is 13.5. The minimum atomic E-state index is -0.802. The molecule has 6 heteroatoms. The summed E-state index contributed by atoms with van der Waals surface area (Å²) in [5, 5.41) is 9.81. The number of likely N-dealkylation sites (tertiary alicyclic amines) is 1. The van der Waals surface area contributed by atoms with E-state index in [2.05, 4.69) is 45.7 Å². The summed E-state index contributed by atoms with van der Waals surface area (Å²) in [6.07, 6.45) is 10.2. The van der Waals surface area contributed by atoms with Crippen LogP contribution in [0.2, 0.25) is 0 Å². The molecular formula is C29H37N3O2S. The molecule has 5 nitrogen and oxygen atoms in total. The molecule has 186 valence electrons. The lowest BCUT2D eigenvalue weighted by molar-refractivity contribution is 0.0702. The number of thiophene rings is 1. The number of carboxylic acid groups (broad SMARTS) is 1. The molecular weight excluding hydrogens is 454 g/mol. The largest absolute Gasteiger partial charge is 0.477 e. The lowest BCUT2D eigenvalue weighted by Crippen LogP contribution is -2.45. The Bertz CT molecular complexity index is 1220. The quantitative estimate of drug-likeness (QED) is 0.458. The first-order valence-corrected chi connectivity index (χ1v) is 14.3. The van der Waals surface area contributed by atoms with Gasteiger partial charge in [-0.15, -0.1) is 11.3 Å². The second-order valence-electron chi connectivity index (χ2n) is 10.9.